The standard InChI is InChI=1S/C14H12O2/c1-2-5-11-9-8-10-6-3-4-7-12(10)13(11)14(15)16/h2-4,6-9H,1,5H2,(H,15,16). The summed E-state index contributed by atoms with van der Waals surface area (Å²) in [6.07, 6.45) is 2.29. The fraction of sp³-hybridized carbons (Fsp3) is 0.0714. The van der Waals surface area contributed by atoms with Crippen LogP contribution in [0.25, 0.3) is 10.8 Å². The lowest BCUT2D eigenvalue weighted by Crippen LogP contribution is -2.03. The zero-order chi connectivity index (χ0) is 11.5. The molecule has 0 aliphatic heterocycles. The van der Waals surface area contributed by atoms with E-state index >= 15 is 0 Å². The largest absolute Gasteiger partial charge is 0.478 e. The second-order valence-electron chi connectivity index (χ2n) is 3.62. The van der Waals surface area contributed by atoms with Crippen molar-refractivity contribution in [2.75, 3.05) is 0 Å². The van der Waals surface area contributed by atoms with E-state index in [9.17, 15) is 9.90 Å². The van der Waals surface area contributed by atoms with Crippen LogP contribution in [-0.4, -0.2) is 11.1 Å². The summed E-state index contributed by atoms with van der Waals surface area (Å²) in [5.41, 5.74) is 1.19. The number of aromatic carboxylic acids is 1. The molecule has 16 heavy (non-hydrogen) atoms. The minimum absolute atomic E-state index is 0.387. The molecule has 0 atom stereocenters. The normalized spacial score (nSPS) is 10.2. The monoisotopic (exact) mass is 212 g/mol. The molecule has 0 saturated carbocycles. The highest BCUT2D eigenvalue weighted by Gasteiger charge is 2.12. The lowest BCUT2D eigenvalue weighted by molar-refractivity contribution is 0.0698. The molecule has 80 valence electrons. The first-order valence-corrected chi connectivity index (χ1v) is 5.09. The van der Waals surface area contributed by atoms with Crippen LogP contribution in [0.4, 0.5) is 0 Å². The zero-order valence-electron chi connectivity index (χ0n) is 8.81. The Hall–Kier alpha value is -2.09. The van der Waals surface area contributed by atoms with Crippen LogP contribution < -0.4 is 0 Å². The summed E-state index contributed by atoms with van der Waals surface area (Å²) in [4.78, 5) is 11.3. The maximum atomic E-state index is 11.3. The van der Waals surface area contributed by atoms with Crippen LogP contribution in [0.1, 0.15) is 15.9 Å². The summed E-state index contributed by atoms with van der Waals surface area (Å²) in [6, 6.07) is 11.3. The Morgan fingerprint density at radius 2 is 2.00 bits per heavy atom. The summed E-state index contributed by atoms with van der Waals surface area (Å²) in [5, 5.41) is 11.0. The van der Waals surface area contributed by atoms with Crippen LogP contribution in [-0.2, 0) is 6.42 Å². The molecule has 0 aliphatic carbocycles. The average molecular weight is 212 g/mol. The van der Waals surface area contributed by atoms with Gasteiger partial charge in [-0.15, -0.1) is 6.58 Å². The fourth-order valence-electron chi connectivity index (χ4n) is 1.89. The van der Waals surface area contributed by atoms with Gasteiger partial charge in [0.15, 0.2) is 0 Å². The van der Waals surface area contributed by atoms with E-state index in [2.05, 4.69) is 6.58 Å². The van der Waals surface area contributed by atoms with Gasteiger partial charge >= 0.3 is 5.97 Å². The molecule has 0 aliphatic rings. The Kier molecular flexibility index (Phi) is 2.73. The van der Waals surface area contributed by atoms with Crippen molar-refractivity contribution in [1.29, 1.82) is 0 Å². The van der Waals surface area contributed by atoms with Gasteiger partial charge in [0, 0.05) is 0 Å². The highest BCUT2D eigenvalue weighted by molar-refractivity contribution is 6.05. The number of carboxylic acid groups (broad SMARTS) is 1. The molecule has 2 aromatic rings. The number of benzene rings is 2. The number of carboxylic acids is 1. The lowest BCUT2D eigenvalue weighted by Gasteiger charge is -2.07. The summed E-state index contributed by atoms with van der Waals surface area (Å²) >= 11 is 0. The Labute approximate surface area is 93.8 Å². The molecule has 0 heterocycles. The Bertz CT molecular complexity index is 556. The molecule has 0 unspecified atom stereocenters. The van der Waals surface area contributed by atoms with E-state index in [-0.39, 0.29) is 0 Å². The van der Waals surface area contributed by atoms with Gasteiger partial charge in [0.2, 0.25) is 0 Å². The van der Waals surface area contributed by atoms with Gasteiger partial charge in [-0.2, -0.15) is 0 Å². The summed E-state index contributed by atoms with van der Waals surface area (Å²) in [5.74, 6) is -0.881. The van der Waals surface area contributed by atoms with Crippen LogP contribution in [0.3, 0.4) is 0 Å². The first-order valence-electron chi connectivity index (χ1n) is 5.09. The van der Waals surface area contributed by atoms with Gasteiger partial charge in [-0.3, -0.25) is 0 Å². The second kappa shape index (κ2) is 4.19. The van der Waals surface area contributed by atoms with Crippen LogP contribution in [0, 0.1) is 0 Å². The third-order valence-corrected chi connectivity index (χ3v) is 2.59. The number of fused-ring (bicyclic) bond motifs is 1. The Balaban J connectivity index is 2.78. The summed E-state index contributed by atoms with van der Waals surface area (Å²) < 4.78 is 0. The molecule has 0 saturated heterocycles. The highest BCUT2D eigenvalue weighted by atomic mass is 16.4. The van der Waals surface area contributed by atoms with Crippen molar-refractivity contribution in [3.8, 4) is 0 Å². The molecular formula is C14H12O2. The maximum Gasteiger partial charge on any atom is 0.336 e. The molecule has 0 spiro atoms. The molecule has 0 aromatic heterocycles. The van der Waals surface area contributed by atoms with E-state index in [1.807, 2.05) is 36.4 Å². The summed E-state index contributed by atoms with van der Waals surface area (Å²) in [7, 11) is 0. The molecule has 2 aromatic carbocycles. The van der Waals surface area contributed by atoms with Gasteiger partial charge in [0.25, 0.3) is 0 Å². The summed E-state index contributed by atoms with van der Waals surface area (Å²) in [6.45, 7) is 3.64. The van der Waals surface area contributed by atoms with Crippen molar-refractivity contribution in [3.05, 3.63) is 60.2 Å². The van der Waals surface area contributed by atoms with Crippen molar-refractivity contribution < 1.29 is 9.90 Å². The predicted octanol–water partition coefficient (Wildman–Crippen LogP) is 3.27. The van der Waals surface area contributed by atoms with Gasteiger partial charge < -0.3 is 5.11 Å². The van der Waals surface area contributed by atoms with Crippen LogP contribution >= 0.6 is 0 Å². The fourth-order valence-corrected chi connectivity index (χ4v) is 1.89. The van der Waals surface area contributed by atoms with Crippen molar-refractivity contribution in [2.24, 2.45) is 0 Å². The quantitative estimate of drug-likeness (QED) is 0.793. The smallest absolute Gasteiger partial charge is 0.336 e. The van der Waals surface area contributed by atoms with Gasteiger partial charge in [0.1, 0.15) is 0 Å². The van der Waals surface area contributed by atoms with Gasteiger partial charge in [0.05, 0.1) is 5.56 Å². The molecule has 0 fully saturated rings. The molecule has 1 N–H and O–H groups in total. The van der Waals surface area contributed by atoms with Crippen LogP contribution in [0.5, 0.6) is 0 Å². The van der Waals surface area contributed by atoms with Crippen molar-refractivity contribution in [2.45, 2.75) is 6.42 Å². The van der Waals surface area contributed by atoms with Gasteiger partial charge in [-0.25, -0.2) is 4.79 Å². The topological polar surface area (TPSA) is 37.3 Å². The van der Waals surface area contributed by atoms with E-state index in [4.69, 9.17) is 0 Å². The van der Waals surface area contributed by atoms with E-state index in [0.29, 0.717) is 12.0 Å². The van der Waals surface area contributed by atoms with Gasteiger partial charge in [-0.1, -0.05) is 42.5 Å². The van der Waals surface area contributed by atoms with E-state index in [1.54, 1.807) is 6.08 Å². The molecule has 2 nitrogen and oxygen atoms in total. The molecule has 2 rings (SSSR count). The van der Waals surface area contributed by atoms with Gasteiger partial charge in [-0.05, 0) is 22.8 Å². The second-order valence-corrected chi connectivity index (χ2v) is 3.62. The number of rotatable bonds is 3. The zero-order valence-corrected chi connectivity index (χ0v) is 8.81. The minimum atomic E-state index is -0.881. The number of carbonyl (C=O) groups is 1. The van der Waals surface area contributed by atoms with Crippen LogP contribution in [0.15, 0.2) is 49.1 Å². The third-order valence-electron chi connectivity index (χ3n) is 2.59. The Morgan fingerprint density at radius 1 is 1.25 bits per heavy atom. The molecule has 0 bridgehead atoms. The van der Waals surface area contributed by atoms with Crippen molar-refractivity contribution >= 4 is 16.7 Å². The SMILES string of the molecule is C=CCc1ccc2ccccc2c1C(=O)O. The molecule has 2 heteroatoms. The van der Waals surface area contributed by atoms with Crippen molar-refractivity contribution in [3.63, 3.8) is 0 Å². The van der Waals surface area contributed by atoms with E-state index in [1.165, 1.54) is 0 Å². The average Bonchev–Trinajstić information content (AvgIpc) is 2.28. The molecule has 0 radical (unpaired) electrons. The highest BCUT2D eigenvalue weighted by Crippen LogP contribution is 2.23. The minimum Gasteiger partial charge on any atom is -0.478 e. The Morgan fingerprint density at radius 3 is 2.69 bits per heavy atom. The first-order chi connectivity index (χ1) is 7.74. The number of allylic oxidation sites excluding steroid dienone is 1. The van der Waals surface area contributed by atoms with Crippen LogP contribution in [0.2, 0.25) is 0 Å². The number of hydrogen-bond acceptors (Lipinski definition) is 1. The molecular weight excluding hydrogens is 200 g/mol. The maximum absolute atomic E-state index is 11.3. The number of hydrogen-bond donors (Lipinski definition) is 1. The predicted molar refractivity (Wildman–Crippen MR) is 64.8 cm³/mol. The first kappa shape index (κ1) is 10.4. The van der Waals surface area contributed by atoms with Crippen molar-refractivity contribution in [1.82, 2.24) is 0 Å². The van der Waals surface area contributed by atoms with E-state index in [0.717, 1.165) is 16.3 Å². The third kappa shape index (κ3) is 1.70. The van der Waals surface area contributed by atoms with E-state index < -0.39 is 5.97 Å². The molecule has 0 amide bonds. The lowest BCUT2D eigenvalue weighted by atomic mass is 9.97.